The number of carbonyl (C=O) groups is 1. The summed E-state index contributed by atoms with van der Waals surface area (Å²) in [5.74, 6) is -0.153. The molecule has 3 heterocycles. The molecule has 3 N–H and O–H groups in total. The highest BCUT2D eigenvalue weighted by Crippen LogP contribution is 2.28. The average Bonchev–Trinajstić information content (AvgIpc) is 3.33. The number of morpholine rings is 1. The van der Waals surface area contributed by atoms with Gasteiger partial charge in [-0.1, -0.05) is 54.6 Å². The molecular formula is C35H37N7O3. The van der Waals surface area contributed by atoms with Gasteiger partial charge in [0.25, 0.3) is 11.5 Å². The van der Waals surface area contributed by atoms with Crippen molar-refractivity contribution in [3.8, 4) is 28.2 Å². The van der Waals surface area contributed by atoms with E-state index in [4.69, 9.17) is 15.5 Å². The van der Waals surface area contributed by atoms with Crippen LogP contribution in [0.4, 0.5) is 11.5 Å². The molecule has 10 heteroatoms. The molecule has 1 fully saturated rings. The predicted octanol–water partition coefficient (Wildman–Crippen LogP) is 5.32. The number of rotatable bonds is 8. The van der Waals surface area contributed by atoms with Gasteiger partial charge in [0.15, 0.2) is 0 Å². The first-order valence-corrected chi connectivity index (χ1v) is 15.1. The number of anilines is 2. The van der Waals surface area contributed by atoms with Crippen LogP contribution in [-0.2, 0) is 11.3 Å². The lowest BCUT2D eigenvalue weighted by molar-refractivity contribution is 0.0342. The number of nitrogen functional groups attached to an aromatic ring is 1. The summed E-state index contributed by atoms with van der Waals surface area (Å²) in [5.41, 5.74) is 12.0. The van der Waals surface area contributed by atoms with Crippen molar-refractivity contribution < 1.29 is 9.53 Å². The zero-order valence-electron chi connectivity index (χ0n) is 25.7. The average molecular weight is 604 g/mol. The van der Waals surface area contributed by atoms with Gasteiger partial charge in [0.05, 0.1) is 36.5 Å². The van der Waals surface area contributed by atoms with Crippen LogP contribution in [0.25, 0.3) is 28.2 Å². The number of benzene rings is 3. The van der Waals surface area contributed by atoms with Crippen molar-refractivity contribution in [3.63, 3.8) is 0 Å². The zero-order valence-corrected chi connectivity index (χ0v) is 25.7. The van der Waals surface area contributed by atoms with E-state index < -0.39 is 5.91 Å². The van der Waals surface area contributed by atoms with E-state index >= 15 is 0 Å². The number of aromatic nitrogens is 4. The molecule has 2 aromatic heterocycles. The molecule has 45 heavy (non-hydrogen) atoms. The Morgan fingerprint density at radius 1 is 0.956 bits per heavy atom. The number of nitrogens with two attached hydrogens (primary N) is 1. The molecule has 0 radical (unpaired) electrons. The summed E-state index contributed by atoms with van der Waals surface area (Å²) < 4.78 is 8.86. The summed E-state index contributed by atoms with van der Waals surface area (Å²) in [6.45, 7) is 10.1. The van der Waals surface area contributed by atoms with Gasteiger partial charge in [-0.15, -0.1) is 0 Å². The molecule has 230 valence electrons. The number of nitrogens with zero attached hydrogens (tertiary/aromatic N) is 5. The van der Waals surface area contributed by atoms with E-state index in [2.05, 4.69) is 39.5 Å². The molecule has 0 bridgehead atoms. The number of hydrogen-bond acceptors (Lipinski definition) is 7. The molecule has 3 aromatic carbocycles. The fourth-order valence-electron chi connectivity index (χ4n) is 5.77. The number of amides is 1. The SMILES string of the molecule is Cc1c(C(=O)Nc2ccc(-c3nc(-c4ccc(CN5CCOCC5)cc4)cnc3N)cc2)c(=O)n(-c2ccccc2)n1C(C)C. The molecule has 0 aliphatic carbocycles. The van der Waals surface area contributed by atoms with Gasteiger partial charge in [-0.25, -0.2) is 14.6 Å². The Hall–Kier alpha value is -5.06. The second-order valence-electron chi connectivity index (χ2n) is 11.5. The van der Waals surface area contributed by atoms with Crippen LogP contribution in [0, 0.1) is 6.92 Å². The molecule has 10 nitrogen and oxygen atoms in total. The maximum Gasteiger partial charge on any atom is 0.284 e. The Labute approximate surface area is 262 Å². The van der Waals surface area contributed by atoms with Crippen molar-refractivity contribution in [1.82, 2.24) is 24.2 Å². The van der Waals surface area contributed by atoms with Crippen molar-refractivity contribution in [2.45, 2.75) is 33.4 Å². The van der Waals surface area contributed by atoms with Crippen LogP contribution in [0.5, 0.6) is 0 Å². The lowest BCUT2D eigenvalue weighted by atomic mass is 10.1. The van der Waals surface area contributed by atoms with Gasteiger partial charge in [0.1, 0.15) is 17.1 Å². The van der Waals surface area contributed by atoms with Crippen LogP contribution in [0.3, 0.4) is 0 Å². The van der Waals surface area contributed by atoms with E-state index in [1.54, 1.807) is 29.9 Å². The lowest BCUT2D eigenvalue weighted by Crippen LogP contribution is -2.35. The van der Waals surface area contributed by atoms with Crippen LogP contribution in [0.2, 0.25) is 0 Å². The molecule has 5 aromatic rings. The van der Waals surface area contributed by atoms with Crippen LogP contribution >= 0.6 is 0 Å². The third kappa shape index (κ3) is 6.29. The smallest absolute Gasteiger partial charge is 0.284 e. The zero-order chi connectivity index (χ0) is 31.5. The van der Waals surface area contributed by atoms with Crippen molar-refractivity contribution in [2.75, 3.05) is 37.4 Å². The van der Waals surface area contributed by atoms with Crippen LogP contribution < -0.4 is 16.6 Å². The van der Waals surface area contributed by atoms with Gasteiger partial charge < -0.3 is 15.8 Å². The fraction of sp³-hybridized carbons (Fsp3) is 0.257. The molecule has 6 rings (SSSR count). The monoisotopic (exact) mass is 603 g/mol. The standard InChI is InChI=1S/C35H37N7O3/c1-23(2)41-24(3)31(35(44)42(41)29-7-5-4-6-8-29)34(43)38-28-15-13-27(14-16-28)32-33(36)37-21-30(39-32)26-11-9-25(10-12-26)22-40-17-19-45-20-18-40/h4-16,21,23H,17-20,22H2,1-3H3,(H2,36,37)(H,38,43). The van der Waals surface area contributed by atoms with E-state index in [0.717, 1.165) is 44.0 Å². The Morgan fingerprint density at radius 2 is 1.62 bits per heavy atom. The number of nitrogens with one attached hydrogen (secondary N) is 1. The Balaban J connectivity index is 1.20. The molecule has 0 unspecified atom stereocenters. The van der Waals surface area contributed by atoms with Crippen LogP contribution in [-0.4, -0.2) is 56.4 Å². The maximum atomic E-state index is 13.5. The van der Waals surface area contributed by atoms with Crippen molar-refractivity contribution in [2.24, 2.45) is 0 Å². The van der Waals surface area contributed by atoms with Crippen molar-refractivity contribution in [3.05, 3.63) is 112 Å². The second-order valence-corrected chi connectivity index (χ2v) is 11.5. The van der Waals surface area contributed by atoms with Gasteiger partial charge in [0.2, 0.25) is 0 Å². The van der Waals surface area contributed by atoms with E-state index in [9.17, 15) is 9.59 Å². The Bertz CT molecular complexity index is 1860. The number of carbonyl (C=O) groups excluding carboxylic acids is 1. The summed E-state index contributed by atoms with van der Waals surface area (Å²) in [6.07, 6.45) is 1.68. The van der Waals surface area contributed by atoms with E-state index in [-0.39, 0.29) is 17.2 Å². The topological polar surface area (TPSA) is 120 Å². The van der Waals surface area contributed by atoms with Gasteiger partial charge in [0, 0.05) is 42.5 Å². The molecule has 1 amide bonds. The minimum Gasteiger partial charge on any atom is -0.382 e. The van der Waals surface area contributed by atoms with E-state index in [0.29, 0.717) is 34.3 Å². The summed E-state index contributed by atoms with van der Waals surface area (Å²) in [4.78, 5) is 38.6. The number of ether oxygens (including phenoxy) is 1. The van der Waals surface area contributed by atoms with Gasteiger partial charge in [-0.2, -0.15) is 0 Å². The quantitative estimate of drug-likeness (QED) is 0.246. The Morgan fingerprint density at radius 3 is 2.29 bits per heavy atom. The van der Waals surface area contributed by atoms with Gasteiger partial charge >= 0.3 is 0 Å². The fourth-order valence-corrected chi connectivity index (χ4v) is 5.77. The highest BCUT2D eigenvalue weighted by Gasteiger charge is 2.25. The number of para-hydroxylation sites is 1. The largest absolute Gasteiger partial charge is 0.382 e. The van der Waals surface area contributed by atoms with Crippen LogP contribution in [0.15, 0.2) is 89.9 Å². The molecule has 1 saturated heterocycles. The molecule has 1 aliphatic heterocycles. The van der Waals surface area contributed by atoms with Crippen molar-refractivity contribution in [1.29, 1.82) is 0 Å². The van der Waals surface area contributed by atoms with Gasteiger partial charge in [-0.3, -0.25) is 19.2 Å². The molecular weight excluding hydrogens is 566 g/mol. The Kier molecular flexibility index (Phi) is 8.59. The first-order valence-electron chi connectivity index (χ1n) is 15.1. The third-order valence-corrected chi connectivity index (χ3v) is 8.02. The summed E-state index contributed by atoms with van der Waals surface area (Å²) in [6, 6.07) is 24.8. The predicted molar refractivity (Wildman–Crippen MR) is 177 cm³/mol. The van der Waals surface area contributed by atoms with E-state index in [1.807, 2.05) is 61.0 Å². The van der Waals surface area contributed by atoms with Crippen molar-refractivity contribution >= 4 is 17.4 Å². The molecule has 0 atom stereocenters. The molecule has 0 saturated carbocycles. The molecule has 0 spiro atoms. The highest BCUT2D eigenvalue weighted by molar-refractivity contribution is 6.05. The highest BCUT2D eigenvalue weighted by atomic mass is 16.5. The number of hydrogen-bond donors (Lipinski definition) is 2. The van der Waals surface area contributed by atoms with E-state index in [1.165, 1.54) is 5.56 Å². The summed E-state index contributed by atoms with van der Waals surface area (Å²) in [5, 5.41) is 2.89. The third-order valence-electron chi connectivity index (χ3n) is 8.02. The lowest BCUT2D eigenvalue weighted by Gasteiger charge is -2.26. The summed E-state index contributed by atoms with van der Waals surface area (Å²) in [7, 11) is 0. The minimum absolute atomic E-state index is 0.0332. The normalized spacial score (nSPS) is 13.7. The second kappa shape index (κ2) is 12.9. The first kappa shape index (κ1) is 30.0. The minimum atomic E-state index is -0.465. The van der Waals surface area contributed by atoms with Crippen LogP contribution in [0.1, 0.15) is 41.5 Å². The first-order chi connectivity index (χ1) is 21.8. The van der Waals surface area contributed by atoms with Gasteiger partial charge in [-0.05, 0) is 50.6 Å². The molecule has 1 aliphatic rings. The maximum absolute atomic E-state index is 13.5. The summed E-state index contributed by atoms with van der Waals surface area (Å²) >= 11 is 0.